The minimum absolute atomic E-state index is 0.0808. The molecule has 0 saturated carbocycles. The summed E-state index contributed by atoms with van der Waals surface area (Å²) in [6.45, 7) is 1.23. The van der Waals surface area contributed by atoms with Crippen LogP contribution in [-0.2, 0) is 11.2 Å². The van der Waals surface area contributed by atoms with Crippen LogP contribution in [0.1, 0.15) is 24.0 Å². The van der Waals surface area contributed by atoms with Crippen LogP contribution in [-0.4, -0.2) is 37.0 Å². The number of likely N-dealkylation sites (tertiary alicyclic amines) is 1. The molecule has 1 N–H and O–H groups in total. The Morgan fingerprint density at radius 1 is 1.37 bits per heavy atom. The van der Waals surface area contributed by atoms with Gasteiger partial charge in [-0.3, -0.25) is 9.69 Å². The fraction of sp³-hybridized carbons (Fsp3) is 0.333. The second kappa shape index (κ2) is 8.90. The van der Waals surface area contributed by atoms with E-state index in [1.54, 1.807) is 25.3 Å². The number of nitrogens with zero attached hydrogens (tertiary/aromatic N) is 2. The van der Waals surface area contributed by atoms with Gasteiger partial charge in [0, 0.05) is 11.7 Å². The zero-order valence-corrected chi connectivity index (χ0v) is 16.0. The number of para-hydroxylation sites is 1. The molecule has 3 rings (SSSR count). The number of hydrogen-bond donors (Lipinski definition) is 1. The molecule has 1 saturated heterocycles. The normalized spacial score (nSPS) is 16.7. The van der Waals surface area contributed by atoms with E-state index in [1.165, 1.54) is 0 Å². The average molecular weight is 384 g/mol. The molecular weight excluding hydrogens is 362 g/mol. The SMILES string of the molecule is COc1ccccc1C[C@@H]1CCCN1CC(=O)Nc1ccc(C#N)c(Cl)c1. The van der Waals surface area contributed by atoms with E-state index in [0.29, 0.717) is 28.9 Å². The van der Waals surface area contributed by atoms with Gasteiger partial charge in [-0.15, -0.1) is 0 Å². The van der Waals surface area contributed by atoms with Crippen molar-refractivity contribution in [3.63, 3.8) is 0 Å². The number of nitrogens with one attached hydrogen (secondary N) is 1. The number of anilines is 1. The number of amides is 1. The van der Waals surface area contributed by atoms with Crippen LogP contribution in [0.2, 0.25) is 5.02 Å². The van der Waals surface area contributed by atoms with E-state index in [-0.39, 0.29) is 5.91 Å². The predicted octanol–water partition coefficient (Wildman–Crippen LogP) is 3.87. The lowest BCUT2D eigenvalue weighted by Crippen LogP contribution is -2.37. The lowest BCUT2D eigenvalue weighted by Gasteiger charge is -2.24. The quantitative estimate of drug-likeness (QED) is 0.822. The van der Waals surface area contributed by atoms with Gasteiger partial charge in [-0.2, -0.15) is 5.26 Å². The summed E-state index contributed by atoms with van der Waals surface area (Å²) < 4.78 is 5.45. The minimum Gasteiger partial charge on any atom is -0.496 e. The van der Waals surface area contributed by atoms with Gasteiger partial charge in [0.25, 0.3) is 0 Å². The third-order valence-corrected chi connectivity index (χ3v) is 5.18. The van der Waals surface area contributed by atoms with Crippen LogP contribution in [0, 0.1) is 11.3 Å². The van der Waals surface area contributed by atoms with Crippen molar-refractivity contribution in [2.24, 2.45) is 0 Å². The number of carbonyl (C=O) groups is 1. The molecule has 1 aliphatic rings. The second-order valence-electron chi connectivity index (χ2n) is 6.64. The van der Waals surface area contributed by atoms with Crippen LogP contribution in [0.15, 0.2) is 42.5 Å². The van der Waals surface area contributed by atoms with Crippen LogP contribution in [0.25, 0.3) is 0 Å². The van der Waals surface area contributed by atoms with E-state index < -0.39 is 0 Å². The minimum atomic E-state index is -0.0808. The molecule has 0 unspecified atom stereocenters. The molecule has 1 atom stereocenters. The van der Waals surface area contributed by atoms with Crippen molar-refractivity contribution in [3.8, 4) is 11.8 Å². The number of nitriles is 1. The van der Waals surface area contributed by atoms with Crippen molar-refractivity contribution in [1.82, 2.24) is 4.90 Å². The van der Waals surface area contributed by atoms with Crippen LogP contribution in [0.4, 0.5) is 5.69 Å². The van der Waals surface area contributed by atoms with Gasteiger partial charge in [0.15, 0.2) is 0 Å². The van der Waals surface area contributed by atoms with Crippen molar-refractivity contribution in [3.05, 3.63) is 58.6 Å². The molecule has 2 aromatic carbocycles. The van der Waals surface area contributed by atoms with Crippen molar-refractivity contribution in [2.45, 2.75) is 25.3 Å². The Bertz CT molecular complexity index is 863. The number of rotatable bonds is 6. The van der Waals surface area contributed by atoms with E-state index in [0.717, 1.165) is 37.1 Å². The molecule has 1 amide bonds. The first-order valence-electron chi connectivity index (χ1n) is 8.96. The molecule has 1 fully saturated rings. The summed E-state index contributed by atoms with van der Waals surface area (Å²) in [5.74, 6) is 0.809. The van der Waals surface area contributed by atoms with Gasteiger partial charge >= 0.3 is 0 Å². The first kappa shape index (κ1) is 19.2. The highest BCUT2D eigenvalue weighted by Gasteiger charge is 2.27. The number of hydrogen-bond acceptors (Lipinski definition) is 4. The van der Waals surface area contributed by atoms with Gasteiger partial charge in [-0.25, -0.2) is 0 Å². The number of ether oxygens (including phenoxy) is 1. The fourth-order valence-corrected chi connectivity index (χ4v) is 3.75. The third-order valence-electron chi connectivity index (χ3n) is 4.87. The van der Waals surface area contributed by atoms with E-state index in [9.17, 15) is 4.79 Å². The zero-order chi connectivity index (χ0) is 19.2. The maximum absolute atomic E-state index is 12.5. The number of carbonyl (C=O) groups excluding carboxylic acids is 1. The summed E-state index contributed by atoms with van der Waals surface area (Å²) in [6.07, 6.45) is 3.00. The Kier molecular flexibility index (Phi) is 6.33. The molecule has 2 aromatic rings. The lowest BCUT2D eigenvalue weighted by atomic mass is 10.0. The second-order valence-corrected chi connectivity index (χ2v) is 7.04. The summed E-state index contributed by atoms with van der Waals surface area (Å²) in [7, 11) is 1.68. The standard InChI is InChI=1S/C21H22ClN3O2/c1-27-20-7-3-2-5-15(20)11-18-6-4-10-25(18)14-21(26)24-17-9-8-16(13-23)19(22)12-17/h2-3,5,7-9,12,18H,4,6,10-11,14H2,1H3,(H,24,26)/t18-/m0/s1. The van der Waals surface area contributed by atoms with Crippen molar-refractivity contribution >= 4 is 23.2 Å². The van der Waals surface area contributed by atoms with E-state index in [2.05, 4.69) is 16.3 Å². The van der Waals surface area contributed by atoms with E-state index >= 15 is 0 Å². The predicted molar refractivity (Wildman–Crippen MR) is 106 cm³/mol. The van der Waals surface area contributed by atoms with E-state index in [4.69, 9.17) is 21.6 Å². The molecule has 1 aliphatic heterocycles. The summed E-state index contributed by atoms with van der Waals surface area (Å²) in [5, 5.41) is 12.1. The first-order valence-corrected chi connectivity index (χ1v) is 9.34. The number of halogens is 1. The lowest BCUT2D eigenvalue weighted by molar-refractivity contribution is -0.117. The van der Waals surface area contributed by atoms with Gasteiger partial charge in [-0.05, 0) is 55.6 Å². The van der Waals surface area contributed by atoms with Gasteiger partial charge in [0.1, 0.15) is 11.8 Å². The molecule has 0 spiro atoms. The third kappa shape index (κ3) is 4.79. The molecule has 140 valence electrons. The Hall–Kier alpha value is -2.55. The molecule has 5 nitrogen and oxygen atoms in total. The Labute approximate surface area is 164 Å². The van der Waals surface area contributed by atoms with Crippen LogP contribution >= 0.6 is 11.6 Å². The topological polar surface area (TPSA) is 65.4 Å². The van der Waals surface area contributed by atoms with Crippen molar-refractivity contribution in [1.29, 1.82) is 5.26 Å². The molecular formula is C21H22ClN3O2. The Balaban J connectivity index is 1.61. The zero-order valence-electron chi connectivity index (χ0n) is 15.2. The van der Waals surface area contributed by atoms with Gasteiger partial charge in [-0.1, -0.05) is 29.8 Å². The highest BCUT2D eigenvalue weighted by Crippen LogP contribution is 2.26. The molecule has 27 heavy (non-hydrogen) atoms. The maximum atomic E-state index is 12.5. The van der Waals surface area contributed by atoms with Crippen molar-refractivity contribution in [2.75, 3.05) is 25.5 Å². The Morgan fingerprint density at radius 3 is 2.93 bits per heavy atom. The first-order chi connectivity index (χ1) is 13.1. The van der Waals surface area contributed by atoms with Gasteiger partial charge < -0.3 is 10.1 Å². The van der Waals surface area contributed by atoms with E-state index in [1.807, 2.05) is 24.3 Å². The summed E-state index contributed by atoms with van der Waals surface area (Å²) in [5.41, 5.74) is 2.16. The highest BCUT2D eigenvalue weighted by atomic mass is 35.5. The number of methoxy groups -OCH3 is 1. The van der Waals surface area contributed by atoms with Crippen LogP contribution < -0.4 is 10.1 Å². The Morgan fingerprint density at radius 2 is 2.19 bits per heavy atom. The largest absolute Gasteiger partial charge is 0.496 e. The molecule has 6 heteroatoms. The molecule has 0 radical (unpaired) electrons. The van der Waals surface area contributed by atoms with Gasteiger partial charge in [0.05, 0.1) is 24.2 Å². The van der Waals surface area contributed by atoms with Crippen LogP contribution in [0.3, 0.4) is 0 Å². The fourth-order valence-electron chi connectivity index (χ4n) is 3.53. The maximum Gasteiger partial charge on any atom is 0.238 e. The molecule has 1 heterocycles. The highest BCUT2D eigenvalue weighted by molar-refractivity contribution is 6.32. The summed E-state index contributed by atoms with van der Waals surface area (Å²) in [4.78, 5) is 14.7. The number of benzene rings is 2. The average Bonchev–Trinajstić information content (AvgIpc) is 3.09. The summed E-state index contributed by atoms with van der Waals surface area (Å²) >= 11 is 6.03. The smallest absolute Gasteiger partial charge is 0.238 e. The molecule has 0 aliphatic carbocycles. The summed E-state index contributed by atoms with van der Waals surface area (Å²) in [6, 6.07) is 15.3. The monoisotopic (exact) mass is 383 g/mol. The molecule has 0 bridgehead atoms. The van der Waals surface area contributed by atoms with Gasteiger partial charge in [0.2, 0.25) is 5.91 Å². The molecule has 0 aromatic heterocycles. The van der Waals surface area contributed by atoms with Crippen LogP contribution in [0.5, 0.6) is 5.75 Å². The van der Waals surface area contributed by atoms with Crippen molar-refractivity contribution < 1.29 is 9.53 Å².